The Kier molecular flexibility index (Phi) is 10.3. The quantitative estimate of drug-likeness (QED) is 0.531. The van der Waals surface area contributed by atoms with Crippen molar-refractivity contribution in [2.75, 3.05) is 14.2 Å². The number of nitrogens with zero attached hydrogens (tertiary/aromatic N) is 3. The average Bonchev–Trinajstić information content (AvgIpc) is 3.16. The molecule has 1 aromatic heterocycles. The van der Waals surface area contributed by atoms with Gasteiger partial charge in [-0.3, -0.25) is 4.79 Å². The van der Waals surface area contributed by atoms with Crippen molar-refractivity contribution in [3.8, 4) is 11.5 Å². The maximum atomic E-state index is 12.7. The van der Waals surface area contributed by atoms with E-state index in [1.165, 1.54) is 12.7 Å². The minimum absolute atomic E-state index is 0. The molecule has 0 saturated heterocycles. The second-order valence-corrected chi connectivity index (χ2v) is 7.03. The molecule has 0 bridgehead atoms. The molecule has 0 spiro atoms. The molecule has 0 saturated carbocycles. The SMILES string of the molecule is COc1cc(CN(C)C(=O)[C@@H](N)Cc2cn(Cc3ccccc3)cn2)ccc1O.Cl.Cl. The van der Waals surface area contributed by atoms with Gasteiger partial charge in [0.05, 0.1) is 25.2 Å². The van der Waals surface area contributed by atoms with Crippen molar-refractivity contribution < 1.29 is 14.6 Å². The fraction of sp³-hybridized carbons (Fsp3) is 0.273. The number of likely N-dealkylation sites (N-methyl/N-ethyl adjacent to an activating group) is 1. The maximum Gasteiger partial charge on any atom is 0.239 e. The van der Waals surface area contributed by atoms with Gasteiger partial charge in [0.1, 0.15) is 0 Å². The van der Waals surface area contributed by atoms with Gasteiger partial charge in [-0.15, -0.1) is 24.8 Å². The first kappa shape index (κ1) is 26.3. The van der Waals surface area contributed by atoms with Crippen LogP contribution in [0.3, 0.4) is 0 Å². The summed E-state index contributed by atoms with van der Waals surface area (Å²) in [6, 6.07) is 14.4. The average molecular weight is 467 g/mol. The third-order valence-corrected chi connectivity index (χ3v) is 4.68. The smallest absolute Gasteiger partial charge is 0.239 e. The molecule has 9 heteroatoms. The van der Waals surface area contributed by atoms with Crippen LogP contribution in [0.15, 0.2) is 61.1 Å². The first-order chi connectivity index (χ1) is 14.0. The molecule has 0 aliphatic rings. The van der Waals surface area contributed by atoms with E-state index in [4.69, 9.17) is 10.5 Å². The van der Waals surface area contributed by atoms with Gasteiger partial charge in [-0.05, 0) is 23.3 Å². The van der Waals surface area contributed by atoms with Gasteiger partial charge in [0.15, 0.2) is 11.5 Å². The number of hydrogen-bond acceptors (Lipinski definition) is 5. The van der Waals surface area contributed by atoms with Crippen LogP contribution >= 0.6 is 24.8 Å². The molecule has 1 heterocycles. The van der Waals surface area contributed by atoms with Crippen molar-refractivity contribution >= 4 is 30.7 Å². The minimum atomic E-state index is -0.681. The second kappa shape index (κ2) is 12.2. The summed E-state index contributed by atoms with van der Waals surface area (Å²) in [5, 5.41) is 9.69. The highest BCUT2D eigenvalue weighted by molar-refractivity contribution is 5.85. The maximum absolute atomic E-state index is 12.7. The molecule has 3 N–H and O–H groups in total. The molecule has 7 nitrogen and oxygen atoms in total. The van der Waals surface area contributed by atoms with Crippen LogP contribution in [0.4, 0.5) is 0 Å². The monoisotopic (exact) mass is 466 g/mol. The van der Waals surface area contributed by atoms with Crippen molar-refractivity contribution in [3.63, 3.8) is 0 Å². The van der Waals surface area contributed by atoms with Crippen LogP contribution in [-0.2, 0) is 24.3 Å². The van der Waals surface area contributed by atoms with Crippen LogP contribution in [-0.4, -0.2) is 45.7 Å². The summed E-state index contributed by atoms with van der Waals surface area (Å²) in [7, 11) is 3.19. The van der Waals surface area contributed by atoms with Gasteiger partial charge in [0.2, 0.25) is 5.91 Å². The van der Waals surface area contributed by atoms with Gasteiger partial charge < -0.3 is 25.0 Å². The van der Waals surface area contributed by atoms with E-state index in [0.29, 0.717) is 18.7 Å². The summed E-state index contributed by atoms with van der Waals surface area (Å²) < 4.78 is 7.09. The lowest BCUT2D eigenvalue weighted by molar-refractivity contribution is -0.131. The molecular formula is C22H28Cl2N4O3. The first-order valence-corrected chi connectivity index (χ1v) is 9.37. The molecule has 2 aromatic carbocycles. The zero-order valence-electron chi connectivity index (χ0n) is 17.5. The van der Waals surface area contributed by atoms with E-state index >= 15 is 0 Å². The molecule has 3 rings (SSSR count). The third kappa shape index (κ3) is 7.17. The van der Waals surface area contributed by atoms with Crippen LogP contribution < -0.4 is 10.5 Å². The molecule has 3 aromatic rings. The minimum Gasteiger partial charge on any atom is -0.504 e. The number of aromatic nitrogens is 2. The number of hydrogen-bond donors (Lipinski definition) is 2. The standard InChI is InChI=1S/C22H26N4O3.2ClH/c1-25(12-17-8-9-20(27)21(10-17)29-2)22(28)19(23)11-18-14-26(15-24-18)13-16-6-4-3-5-7-16;;/h3-10,14-15,19,27H,11-13,23H2,1-2H3;2*1H/t19-;;/m0../s1. The van der Waals surface area contributed by atoms with Gasteiger partial charge in [-0.2, -0.15) is 0 Å². The first-order valence-electron chi connectivity index (χ1n) is 9.37. The van der Waals surface area contributed by atoms with Gasteiger partial charge in [-0.1, -0.05) is 36.4 Å². The van der Waals surface area contributed by atoms with Crippen molar-refractivity contribution in [2.45, 2.75) is 25.6 Å². The molecule has 0 radical (unpaired) electrons. The highest BCUT2D eigenvalue weighted by atomic mass is 35.5. The number of rotatable bonds is 8. The summed E-state index contributed by atoms with van der Waals surface area (Å²) in [6.07, 6.45) is 4.04. The number of benzene rings is 2. The van der Waals surface area contributed by atoms with Crippen molar-refractivity contribution in [3.05, 3.63) is 77.9 Å². The summed E-state index contributed by atoms with van der Waals surface area (Å²) >= 11 is 0. The largest absolute Gasteiger partial charge is 0.504 e. The Hall–Kier alpha value is -2.74. The summed E-state index contributed by atoms with van der Waals surface area (Å²) in [4.78, 5) is 18.6. The number of halogens is 2. The number of carbonyl (C=O) groups is 1. The number of methoxy groups -OCH3 is 1. The summed E-state index contributed by atoms with van der Waals surface area (Å²) in [5.74, 6) is 0.263. The van der Waals surface area contributed by atoms with E-state index < -0.39 is 6.04 Å². The van der Waals surface area contributed by atoms with E-state index in [1.54, 1.807) is 36.5 Å². The molecular weight excluding hydrogens is 439 g/mol. The number of ether oxygens (including phenoxy) is 1. The van der Waals surface area contributed by atoms with E-state index in [9.17, 15) is 9.90 Å². The van der Waals surface area contributed by atoms with Gasteiger partial charge in [0, 0.05) is 32.8 Å². The zero-order valence-corrected chi connectivity index (χ0v) is 19.1. The van der Waals surface area contributed by atoms with Crippen molar-refractivity contribution in [1.29, 1.82) is 0 Å². The van der Waals surface area contributed by atoms with E-state index in [-0.39, 0.29) is 36.5 Å². The lowest BCUT2D eigenvalue weighted by atomic mass is 10.1. The molecule has 1 amide bonds. The zero-order chi connectivity index (χ0) is 20.8. The van der Waals surface area contributed by atoms with Crippen LogP contribution in [0.25, 0.3) is 0 Å². The lowest BCUT2D eigenvalue weighted by Crippen LogP contribution is -2.42. The lowest BCUT2D eigenvalue weighted by Gasteiger charge is -2.21. The Morgan fingerprint density at radius 1 is 1.19 bits per heavy atom. The molecule has 0 unspecified atom stereocenters. The predicted octanol–water partition coefficient (Wildman–Crippen LogP) is 3.02. The topological polar surface area (TPSA) is 93.6 Å². The number of nitrogens with two attached hydrogens (primary N) is 1. The number of phenolic OH excluding ortho intramolecular Hbond substituents is 1. The summed E-state index contributed by atoms with van der Waals surface area (Å²) in [6.45, 7) is 1.09. The van der Waals surface area contributed by atoms with E-state index in [1.807, 2.05) is 29.0 Å². The molecule has 0 fully saturated rings. The number of amides is 1. The fourth-order valence-electron chi connectivity index (χ4n) is 3.16. The number of aromatic hydroxyl groups is 1. The van der Waals surface area contributed by atoms with Gasteiger partial charge >= 0.3 is 0 Å². The fourth-order valence-corrected chi connectivity index (χ4v) is 3.16. The van der Waals surface area contributed by atoms with Crippen LogP contribution in [0.5, 0.6) is 11.5 Å². The molecule has 168 valence electrons. The van der Waals surface area contributed by atoms with E-state index in [0.717, 1.165) is 17.8 Å². The van der Waals surface area contributed by atoms with Crippen LogP contribution in [0, 0.1) is 0 Å². The molecule has 1 atom stereocenters. The van der Waals surface area contributed by atoms with E-state index in [2.05, 4.69) is 17.1 Å². The number of imidazole rings is 1. The number of phenols is 1. The highest BCUT2D eigenvalue weighted by Crippen LogP contribution is 2.26. The Labute approximate surface area is 194 Å². The molecule has 0 aliphatic heterocycles. The second-order valence-electron chi connectivity index (χ2n) is 7.03. The van der Waals surface area contributed by atoms with Crippen molar-refractivity contribution in [2.24, 2.45) is 5.73 Å². The Bertz CT molecular complexity index is 966. The van der Waals surface area contributed by atoms with Crippen LogP contribution in [0.1, 0.15) is 16.8 Å². The Balaban J connectivity index is 0.00000240. The van der Waals surface area contributed by atoms with Gasteiger partial charge in [0.25, 0.3) is 0 Å². The molecule has 31 heavy (non-hydrogen) atoms. The Morgan fingerprint density at radius 3 is 2.58 bits per heavy atom. The predicted molar refractivity (Wildman–Crippen MR) is 125 cm³/mol. The molecule has 0 aliphatic carbocycles. The third-order valence-electron chi connectivity index (χ3n) is 4.68. The Morgan fingerprint density at radius 2 is 1.90 bits per heavy atom. The van der Waals surface area contributed by atoms with Crippen LogP contribution in [0.2, 0.25) is 0 Å². The highest BCUT2D eigenvalue weighted by Gasteiger charge is 2.20. The number of carbonyl (C=O) groups excluding carboxylic acids is 1. The van der Waals surface area contributed by atoms with Gasteiger partial charge in [-0.25, -0.2) is 4.98 Å². The van der Waals surface area contributed by atoms with Crippen molar-refractivity contribution in [1.82, 2.24) is 14.5 Å². The normalized spacial score (nSPS) is 11.1. The summed E-state index contributed by atoms with van der Waals surface area (Å²) in [5.41, 5.74) is 8.94.